The van der Waals surface area contributed by atoms with Gasteiger partial charge >= 0.3 is 0 Å². The summed E-state index contributed by atoms with van der Waals surface area (Å²) >= 11 is 0. The molecule has 1 aromatic carbocycles. The Labute approximate surface area is 102 Å². The largest absolute Gasteiger partial charge is 0.392 e. The molecule has 0 aliphatic carbocycles. The molecule has 1 aromatic rings. The quantitative estimate of drug-likeness (QED) is 0.873. The molecule has 1 heterocycles. The number of hydrogen-bond acceptors (Lipinski definition) is 2. The number of rotatable bonds is 3. The van der Waals surface area contributed by atoms with Crippen LogP contribution in [-0.4, -0.2) is 17.7 Å². The van der Waals surface area contributed by atoms with Crippen LogP contribution in [0.25, 0.3) is 0 Å². The molecule has 2 rings (SSSR count). The summed E-state index contributed by atoms with van der Waals surface area (Å²) in [4.78, 5) is 2.32. The molecule has 1 aliphatic heterocycles. The van der Waals surface area contributed by atoms with E-state index in [9.17, 15) is 9.50 Å². The van der Waals surface area contributed by atoms with Crippen molar-refractivity contribution in [2.45, 2.75) is 39.3 Å². The van der Waals surface area contributed by atoms with E-state index in [1.54, 1.807) is 6.07 Å². The Kier molecular flexibility index (Phi) is 3.67. The van der Waals surface area contributed by atoms with Crippen LogP contribution in [0.2, 0.25) is 0 Å². The van der Waals surface area contributed by atoms with Gasteiger partial charge in [0.2, 0.25) is 0 Å². The van der Waals surface area contributed by atoms with Gasteiger partial charge in [-0.1, -0.05) is 13.8 Å². The van der Waals surface area contributed by atoms with Gasteiger partial charge in [-0.15, -0.1) is 0 Å². The molecule has 1 aliphatic rings. The van der Waals surface area contributed by atoms with Crippen molar-refractivity contribution < 1.29 is 9.50 Å². The normalized spacial score (nSPS) is 20.3. The van der Waals surface area contributed by atoms with Gasteiger partial charge in [-0.2, -0.15) is 0 Å². The van der Waals surface area contributed by atoms with E-state index in [1.165, 1.54) is 25.0 Å². The monoisotopic (exact) mass is 237 g/mol. The molecular weight excluding hydrogens is 217 g/mol. The lowest BCUT2D eigenvalue weighted by Crippen LogP contribution is -2.34. The Bertz CT molecular complexity index is 392. The molecule has 3 heteroatoms. The van der Waals surface area contributed by atoms with Crippen LogP contribution in [0.15, 0.2) is 18.2 Å². The lowest BCUT2D eigenvalue weighted by atomic mass is 10.0. The second-order valence-corrected chi connectivity index (χ2v) is 5.08. The first-order chi connectivity index (χ1) is 8.13. The average molecular weight is 237 g/mol. The maximum absolute atomic E-state index is 13.1. The average Bonchev–Trinajstić information content (AvgIpc) is 2.77. The summed E-state index contributed by atoms with van der Waals surface area (Å²) in [7, 11) is 0. The highest BCUT2D eigenvalue weighted by molar-refractivity contribution is 5.55. The molecule has 0 spiro atoms. The van der Waals surface area contributed by atoms with Gasteiger partial charge in [-0.05, 0) is 37.0 Å². The zero-order chi connectivity index (χ0) is 12.4. The van der Waals surface area contributed by atoms with Gasteiger partial charge in [0.1, 0.15) is 5.82 Å². The molecule has 94 valence electrons. The summed E-state index contributed by atoms with van der Waals surface area (Å²) in [6.45, 7) is 5.33. The zero-order valence-corrected chi connectivity index (χ0v) is 10.5. The first-order valence-corrected chi connectivity index (χ1v) is 6.29. The van der Waals surface area contributed by atoms with E-state index in [-0.39, 0.29) is 12.4 Å². The second kappa shape index (κ2) is 5.05. The van der Waals surface area contributed by atoms with E-state index < -0.39 is 0 Å². The molecule has 0 aromatic heterocycles. The SMILES string of the molecule is CC(C)C1CCCN1c1ccc(F)cc1CO. The Morgan fingerprint density at radius 1 is 1.47 bits per heavy atom. The molecule has 17 heavy (non-hydrogen) atoms. The van der Waals surface area contributed by atoms with Crippen molar-refractivity contribution in [1.29, 1.82) is 0 Å². The maximum Gasteiger partial charge on any atom is 0.123 e. The fourth-order valence-corrected chi connectivity index (χ4v) is 2.75. The highest BCUT2D eigenvalue weighted by Gasteiger charge is 2.28. The fraction of sp³-hybridized carbons (Fsp3) is 0.571. The van der Waals surface area contributed by atoms with Gasteiger partial charge in [-0.3, -0.25) is 0 Å². The Morgan fingerprint density at radius 3 is 2.88 bits per heavy atom. The van der Waals surface area contributed by atoms with Gasteiger partial charge in [0, 0.05) is 23.8 Å². The van der Waals surface area contributed by atoms with Crippen molar-refractivity contribution in [2.75, 3.05) is 11.4 Å². The molecule has 1 unspecified atom stereocenters. The summed E-state index contributed by atoms with van der Waals surface area (Å²) in [5.74, 6) is 0.298. The van der Waals surface area contributed by atoms with Crippen molar-refractivity contribution in [1.82, 2.24) is 0 Å². The minimum atomic E-state index is -0.280. The topological polar surface area (TPSA) is 23.5 Å². The van der Waals surface area contributed by atoms with Crippen molar-refractivity contribution in [3.05, 3.63) is 29.6 Å². The van der Waals surface area contributed by atoms with Gasteiger partial charge in [0.15, 0.2) is 0 Å². The number of aliphatic hydroxyl groups is 1. The molecule has 1 saturated heterocycles. The van der Waals surface area contributed by atoms with Gasteiger partial charge in [0.25, 0.3) is 0 Å². The Hall–Kier alpha value is -1.09. The lowest BCUT2D eigenvalue weighted by molar-refractivity contribution is 0.281. The van der Waals surface area contributed by atoms with E-state index in [4.69, 9.17) is 0 Å². The number of hydrogen-bond donors (Lipinski definition) is 1. The van der Waals surface area contributed by atoms with Crippen LogP contribution >= 0.6 is 0 Å². The molecular formula is C14H20FNO. The van der Waals surface area contributed by atoms with Crippen molar-refractivity contribution in [3.8, 4) is 0 Å². The number of benzene rings is 1. The zero-order valence-electron chi connectivity index (χ0n) is 10.5. The molecule has 0 amide bonds. The third-order valence-corrected chi connectivity index (χ3v) is 3.59. The van der Waals surface area contributed by atoms with Crippen LogP contribution in [-0.2, 0) is 6.61 Å². The van der Waals surface area contributed by atoms with Crippen molar-refractivity contribution in [2.24, 2.45) is 5.92 Å². The van der Waals surface area contributed by atoms with Crippen molar-refractivity contribution in [3.63, 3.8) is 0 Å². The summed E-state index contributed by atoms with van der Waals surface area (Å²) < 4.78 is 13.1. The van der Waals surface area contributed by atoms with Crippen LogP contribution in [0, 0.1) is 11.7 Å². The van der Waals surface area contributed by atoms with Crippen LogP contribution in [0.4, 0.5) is 10.1 Å². The summed E-state index contributed by atoms with van der Waals surface area (Å²) in [5.41, 5.74) is 1.68. The summed E-state index contributed by atoms with van der Waals surface area (Å²) in [6.07, 6.45) is 2.35. The summed E-state index contributed by atoms with van der Waals surface area (Å²) in [6, 6.07) is 5.21. The van der Waals surface area contributed by atoms with E-state index in [1.807, 2.05) is 0 Å². The third-order valence-electron chi connectivity index (χ3n) is 3.59. The lowest BCUT2D eigenvalue weighted by Gasteiger charge is -2.31. The molecule has 0 bridgehead atoms. The van der Waals surface area contributed by atoms with E-state index in [0.29, 0.717) is 17.5 Å². The first-order valence-electron chi connectivity index (χ1n) is 6.29. The molecule has 1 N–H and O–H groups in total. The molecule has 1 fully saturated rings. The van der Waals surface area contributed by atoms with Crippen LogP contribution in [0.5, 0.6) is 0 Å². The fourth-order valence-electron chi connectivity index (χ4n) is 2.75. The van der Waals surface area contributed by atoms with Gasteiger partial charge in [0.05, 0.1) is 6.61 Å². The minimum Gasteiger partial charge on any atom is -0.392 e. The smallest absolute Gasteiger partial charge is 0.123 e. The van der Waals surface area contributed by atoms with Crippen LogP contribution in [0.3, 0.4) is 0 Å². The van der Waals surface area contributed by atoms with Gasteiger partial charge < -0.3 is 10.0 Å². The summed E-state index contributed by atoms with van der Waals surface area (Å²) in [5, 5.41) is 9.33. The first kappa shape index (κ1) is 12.4. The van der Waals surface area contributed by atoms with Crippen LogP contribution in [0.1, 0.15) is 32.3 Å². The number of aliphatic hydroxyl groups excluding tert-OH is 1. The van der Waals surface area contributed by atoms with E-state index in [2.05, 4.69) is 18.7 Å². The third kappa shape index (κ3) is 2.44. The van der Waals surface area contributed by atoms with Gasteiger partial charge in [-0.25, -0.2) is 4.39 Å². The van der Waals surface area contributed by atoms with E-state index >= 15 is 0 Å². The number of anilines is 1. The standard InChI is InChI=1S/C14H20FNO/c1-10(2)13-4-3-7-16(13)14-6-5-12(15)8-11(14)9-17/h5-6,8,10,13,17H,3-4,7,9H2,1-2H3. The Balaban J connectivity index is 2.32. The highest BCUT2D eigenvalue weighted by atomic mass is 19.1. The maximum atomic E-state index is 13.1. The van der Waals surface area contributed by atoms with E-state index in [0.717, 1.165) is 12.2 Å². The number of halogens is 1. The predicted octanol–water partition coefficient (Wildman–Crippen LogP) is 2.94. The highest BCUT2D eigenvalue weighted by Crippen LogP contribution is 2.32. The number of nitrogens with zero attached hydrogens (tertiary/aromatic N) is 1. The minimum absolute atomic E-state index is 0.103. The molecule has 0 radical (unpaired) electrons. The molecule has 1 atom stereocenters. The predicted molar refractivity (Wildman–Crippen MR) is 67.5 cm³/mol. The molecule has 0 saturated carbocycles. The van der Waals surface area contributed by atoms with Crippen molar-refractivity contribution >= 4 is 5.69 Å². The Morgan fingerprint density at radius 2 is 2.24 bits per heavy atom. The second-order valence-electron chi connectivity index (χ2n) is 5.08. The molecule has 2 nitrogen and oxygen atoms in total. The van der Waals surface area contributed by atoms with Crippen LogP contribution < -0.4 is 4.90 Å².